The van der Waals surface area contributed by atoms with Crippen molar-refractivity contribution in [3.05, 3.63) is 0 Å². The van der Waals surface area contributed by atoms with Crippen LogP contribution < -0.4 is 0 Å². The van der Waals surface area contributed by atoms with Gasteiger partial charge in [-0.25, -0.2) is 0 Å². The second-order valence-electron chi connectivity index (χ2n) is 2.61. The third-order valence-corrected chi connectivity index (χ3v) is 2.68. The fourth-order valence-corrected chi connectivity index (χ4v) is 1.34. The van der Waals surface area contributed by atoms with Gasteiger partial charge in [0.05, 0.1) is 26.2 Å². The van der Waals surface area contributed by atoms with Crippen LogP contribution in [-0.4, -0.2) is 30.7 Å². The van der Waals surface area contributed by atoms with Crippen LogP contribution in [0, 0.1) is 0 Å². The predicted octanol–water partition coefficient (Wildman–Crippen LogP) is 2.00. The summed E-state index contributed by atoms with van der Waals surface area (Å²) in [5.41, 5.74) is 0. The number of nitrogens with zero attached hydrogens (tertiary/aromatic N) is 1. The van der Waals surface area contributed by atoms with Crippen LogP contribution in [0.3, 0.4) is 0 Å². The minimum Gasteiger partial charge on any atom is -0.325 e. The standard InChI is InChI=1S/C8H20N/c1-5-9(6-2,7-3)8-4/h5-8H2,1-4H3/q+1/p+1. The average molecular weight is 131 g/mol. The normalized spacial score (nSPS) is 12.0. The molecule has 9 heavy (non-hydrogen) atoms. The largest absolute Gasteiger partial charge is 1.00 e. The van der Waals surface area contributed by atoms with E-state index in [0.29, 0.717) is 0 Å². The lowest BCUT2D eigenvalue weighted by Crippen LogP contribution is -2.47. The van der Waals surface area contributed by atoms with E-state index in [9.17, 15) is 0 Å². The molecule has 0 bridgehead atoms. The highest BCUT2D eigenvalue weighted by molar-refractivity contribution is 4.31. The molecule has 0 atom stereocenters. The highest BCUT2D eigenvalue weighted by Crippen LogP contribution is 2.03. The summed E-state index contributed by atoms with van der Waals surface area (Å²) in [6.07, 6.45) is 0. The smallest absolute Gasteiger partial charge is 0.325 e. The summed E-state index contributed by atoms with van der Waals surface area (Å²) in [7, 11) is 0. The van der Waals surface area contributed by atoms with Gasteiger partial charge in [-0.3, -0.25) is 0 Å². The van der Waals surface area contributed by atoms with Gasteiger partial charge in [-0.05, 0) is 27.7 Å². The molecule has 0 aromatic rings. The molecule has 0 unspecified atom stereocenters. The molecule has 56 valence electrons. The molecule has 0 aliphatic rings. The summed E-state index contributed by atoms with van der Waals surface area (Å²) < 4.78 is 1.28. The maximum absolute atomic E-state index is 2.27. The van der Waals surface area contributed by atoms with Crippen LogP contribution in [0.4, 0.5) is 0 Å². The highest BCUT2D eigenvalue weighted by Gasteiger charge is 2.16. The lowest BCUT2D eigenvalue weighted by Gasteiger charge is -2.34. The van der Waals surface area contributed by atoms with Gasteiger partial charge in [0.15, 0.2) is 0 Å². The molecule has 0 radical (unpaired) electrons. The predicted molar refractivity (Wildman–Crippen MR) is 43.5 cm³/mol. The number of quaternary nitrogens is 1. The molecule has 0 aliphatic carbocycles. The van der Waals surface area contributed by atoms with Gasteiger partial charge in [0.2, 0.25) is 0 Å². The quantitative estimate of drug-likeness (QED) is 0.512. The summed E-state index contributed by atoms with van der Waals surface area (Å²) in [5, 5.41) is 0. The zero-order valence-corrected chi connectivity index (χ0v) is 7.28. The SMILES string of the molecule is CC[N+](CC)(CC)CC.[H+]. The van der Waals surface area contributed by atoms with E-state index in [1.165, 1.54) is 30.7 Å². The molecule has 0 aliphatic heterocycles. The van der Waals surface area contributed by atoms with Gasteiger partial charge in [0.25, 0.3) is 0 Å². The Hall–Kier alpha value is -0.0400. The molecule has 0 spiro atoms. The zero-order valence-electron chi connectivity index (χ0n) is 8.28. The Morgan fingerprint density at radius 1 is 0.778 bits per heavy atom. The van der Waals surface area contributed by atoms with Crippen molar-refractivity contribution >= 4 is 0 Å². The van der Waals surface area contributed by atoms with E-state index in [1.807, 2.05) is 0 Å². The third kappa shape index (κ3) is 1.98. The van der Waals surface area contributed by atoms with Crippen LogP contribution in [0.15, 0.2) is 0 Å². The van der Waals surface area contributed by atoms with Crippen molar-refractivity contribution in [1.82, 2.24) is 0 Å². The third-order valence-electron chi connectivity index (χ3n) is 2.68. The van der Waals surface area contributed by atoms with Crippen LogP contribution in [0.5, 0.6) is 0 Å². The lowest BCUT2D eigenvalue weighted by atomic mass is 10.3. The number of rotatable bonds is 4. The zero-order chi connectivity index (χ0) is 7.33. The van der Waals surface area contributed by atoms with Crippen LogP contribution in [0.1, 0.15) is 29.1 Å². The molecule has 1 heteroatoms. The lowest BCUT2D eigenvalue weighted by molar-refractivity contribution is -0.921. The van der Waals surface area contributed by atoms with Crippen molar-refractivity contribution in [3.8, 4) is 0 Å². The summed E-state index contributed by atoms with van der Waals surface area (Å²) >= 11 is 0. The van der Waals surface area contributed by atoms with Crippen molar-refractivity contribution in [2.75, 3.05) is 26.2 Å². The number of hydrogen-bond acceptors (Lipinski definition) is 0. The monoisotopic (exact) mass is 131 g/mol. The minimum atomic E-state index is 0. The van der Waals surface area contributed by atoms with E-state index >= 15 is 0 Å². The van der Waals surface area contributed by atoms with Crippen LogP contribution in [0.2, 0.25) is 0 Å². The van der Waals surface area contributed by atoms with E-state index in [0.717, 1.165) is 0 Å². The summed E-state index contributed by atoms with van der Waals surface area (Å²) in [5.74, 6) is 0. The Balaban J connectivity index is 0. The molecule has 0 amide bonds. The molecule has 0 rings (SSSR count). The van der Waals surface area contributed by atoms with Gasteiger partial charge in [-0.2, -0.15) is 0 Å². The van der Waals surface area contributed by atoms with Gasteiger partial charge < -0.3 is 4.48 Å². The van der Waals surface area contributed by atoms with E-state index in [4.69, 9.17) is 0 Å². The fourth-order valence-electron chi connectivity index (χ4n) is 1.34. The van der Waals surface area contributed by atoms with Crippen LogP contribution in [0.25, 0.3) is 0 Å². The molecule has 0 aromatic carbocycles. The second kappa shape index (κ2) is 3.89. The van der Waals surface area contributed by atoms with Gasteiger partial charge in [-0.15, -0.1) is 0 Å². The van der Waals surface area contributed by atoms with E-state index < -0.39 is 0 Å². The average Bonchev–Trinajstić information content (AvgIpc) is 1.95. The Labute approximate surface area is 60.7 Å². The van der Waals surface area contributed by atoms with Crippen molar-refractivity contribution in [2.24, 2.45) is 0 Å². The van der Waals surface area contributed by atoms with E-state index in [-0.39, 0.29) is 1.43 Å². The highest BCUT2D eigenvalue weighted by atomic mass is 15.3. The van der Waals surface area contributed by atoms with Crippen molar-refractivity contribution in [2.45, 2.75) is 27.7 Å². The van der Waals surface area contributed by atoms with E-state index in [1.54, 1.807) is 0 Å². The molecule has 0 aromatic heterocycles. The Kier molecular flexibility index (Phi) is 3.87. The minimum absolute atomic E-state index is 0. The summed E-state index contributed by atoms with van der Waals surface area (Å²) in [6, 6.07) is 0. The Bertz CT molecular complexity index is 52.1. The Morgan fingerprint density at radius 3 is 1.00 bits per heavy atom. The first-order valence-electron chi connectivity index (χ1n) is 4.09. The molecule has 0 N–H and O–H groups in total. The first-order valence-corrected chi connectivity index (χ1v) is 4.09. The molecule has 0 heterocycles. The molecule has 0 fully saturated rings. The maximum atomic E-state index is 2.27. The molecule has 1 nitrogen and oxygen atoms in total. The fraction of sp³-hybridized carbons (Fsp3) is 1.00. The molecule has 0 saturated carbocycles. The maximum Gasteiger partial charge on any atom is 1.00 e. The summed E-state index contributed by atoms with van der Waals surface area (Å²) in [6.45, 7) is 14.2. The van der Waals surface area contributed by atoms with Crippen molar-refractivity contribution in [3.63, 3.8) is 0 Å². The Morgan fingerprint density at radius 2 is 1.00 bits per heavy atom. The molecule has 0 saturated heterocycles. The number of hydrogen-bond donors (Lipinski definition) is 0. The van der Waals surface area contributed by atoms with E-state index in [2.05, 4.69) is 27.7 Å². The molecular weight excluding hydrogens is 110 g/mol. The van der Waals surface area contributed by atoms with Crippen LogP contribution in [-0.2, 0) is 0 Å². The first kappa shape index (κ1) is 8.96. The van der Waals surface area contributed by atoms with Crippen molar-refractivity contribution < 1.29 is 5.91 Å². The first-order chi connectivity index (χ1) is 4.24. The van der Waals surface area contributed by atoms with Crippen molar-refractivity contribution in [1.29, 1.82) is 0 Å². The van der Waals surface area contributed by atoms with Gasteiger partial charge >= 0.3 is 1.43 Å². The summed E-state index contributed by atoms with van der Waals surface area (Å²) in [4.78, 5) is 0. The topological polar surface area (TPSA) is 0 Å². The van der Waals surface area contributed by atoms with Gasteiger partial charge in [0.1, 0.15) is 0 Å². The van der Waals surface area contributed by atoms with Gasteiger partial charge in [-0.1, -0.05) is 0 Å². The van der Waals surface area contributed by atoms with Crippen LogP contribution >= 0.6 is 0 Å². The second-order valence-corrected chi connectivity index (χ2v) is 2.61. The van der Waals surface area contributed by atoms with Gasteiger partial charge in [0, 0.05) is 0 Å². The molecular formula is C8H21N+2.